The summed E-state index contributed by atoms with van der Waals surface area (Å²) in [5.74, 6) is 0.355. The van der Waals surface area contributed by atoms with Crippen molar-refractivity contribution >= 4 is 17.5 Å². The van der Waals surface area contributed by atoms with Gasteiger partial charge in [0, 0.05) is 17.6 Å². The van der Waals surface area contributed by atoms with E-state index in [2.05, 4.69) is 15.3 Å². The first-order valence-corrected chi connectivity index (χ1v) is 5.52. The van der Waals surface area contributed by atoms with Crippen LogP contribution in [0.25, 0.3) is 0 Å². The molecule has 0 bridgehead atoms. The lowest BCUT2D eigenvalue weighted by atomic mass is 10.0. The molecule has 0 aliphatic rings. The van der Waals surface area contributed by atoms with Gasteiger partial charge in [-0.25, -0.2) is 9.97 Å². The average Bonchev–Trinajstić information content (AvgIpc) is 2.15. The maximum absolute atomic E-state index is 12.4. The Hall–Kier alpha value is -1.04. The van der Waals surface area contributed by atoms with Crippen molar-refractivity contribution < 1.29 is 13.2 Å². The summed E-state index contributed by atoms with van der Waals surface area (Å²) >= 11 is 5.60. The van der Waals surface area contributed by atoms with Gasteiger partial charge in [-0.1, -0.05) is 0 Å². The Bertz CT molecular complexity index is 379. The number of aromatic nitrogens is 2. The molecule has 0 radical (unpaired) electrons. The quantitative estimate of drug-likeness (QED) is 0.851. The van der Waals surface area contributed by atoms with Crippen LogP contribution in [-0.2, 0) is 6.18 Å². The number of anilines is 1. The molecule has 0 saturated carbocycles. The summed E-state index contributed by atoms with van der Waals surface area (Å²) < 4.78 is 37.2. The topological polar surface area (TPSA) is 37.8 Å². The first kappa shape index (κ1) is 14.0. The molecule has 7 heteroatoms. The predicted molar refractivity (Wildman–Crippen MR) is 60.1 cm³/mol. The van der Waals surface area contributed by atoms with E-state index in [0.717, 1.165) is 12.3 Å². The number of rotatable bonds is 4. The standard InChI is InChI=1S/C10H13ClF3N3/c1-9(2,4-5-11)17-8-15-6-3-7(16-8)10(12,13)14/h3,6H,4-5H2,1-2H3,(H,15,16,17). The molecular formula is C10H13ClF3N3. The molecule has 0 saturated heterocycles. The maximum Gasteiger partial charge on any atom is 0.433 e. The minimum Gasteiger partial charge on any atom is -0.349 e. The number of hydrogen-bond acceptors (Lipinski definition) is 3. The Morgan fingerprint density at radius 1 is 1.35 bits per heavy atom. The highest BCUT2D eigenvalue weighted by Crippen LogP contribution is 2.28. The molecule has 96 valence electrons. The van der Waals surface area contributed by atoms with Gasteiger partial charge in [0.2, 0.25) is 5.95 Å². The molecule has 0 aromatic carbocycles. The van der Waals surface area contributed by atoms with Gasteiger partial charge in [0.15, 0.2) is 0 Å². The third kappa shape index (κ3) is 4.38. The first-order valence-electron chi connectivity index (χ1n) is 4.99. The third-order valence-corrected chi connectivity index (χ3v) is 2.30. The molecule has 1 aromatic rings. The number of hydrogen-bond donors (Lipinski definition) is 1. The van der Waals surface area contributed by atoms with E-state index in [0.29, 0.717) is 12.3 Å². The summed E-state index contributed by atoms with van der Waals surface area (Å²) in [4.78, 5) is 7.18. The summed E-state index contributed by atoms with van der Waals surface area (Å²) in [6.07, 6.45) is -2.79. The highest BCUT2D eigenvalue weighted by Gasteiger charge is 2.33. The zero-order valence-corrected chi connectivity index (χ0v) is 10.2. The predicted octanol–water partition coefficient (Wildman–Crippen LogP) is 3.31. The molecule has 0 unspecified atom stereocenters. The van der Waals surface area contributed by atoms with Gasteiger partial charge in [0.05, 0.1) is 0 Å². The van der Waals surface area contributed by atoms with E-state index in [1.54, 1.807) is 0 Å². The van der Waals surface area contributed by atoms with Crippen molar-refractivity contribution in [3.63, 3.8) is 0 Å². The van der Waals surface area contributed by atoms with Crippen LogP contribution in [0.15, 0.2) is 12.3 Å². The first-order chi connectivity index (χ1) is 7.74. The maximum atomic E-state index is 12.4. The second-order valence-electron chi connectivity index (χ2n) is 4.21. The summed E-state index contributed by atoms with van der Waals surface area (Å²) in [5.41, 5.74) is -1.41. The highest BCUT2D eigenvalue weighted by molar-refractivity contribution is 6.17. The summed E-state index contributed by atoms with van der Waals surface area (Å²) in [6.45, 7) is 3.64. The second kappa shape index (κ2) is 5.08. The molecule has 17 heavy (non-hydrogen) atoms. The molecular weight excluding hydrogens is 255 g/mol. The van der Waals surface area contributed by atoms with Crippen molar-refractivity contribution in [3.05, 3.63) is 18.0 Å². The highest BCUT2D eigenvalue weighted by atomic mass is 35.5. The molecule has 0 atom stereocenters. The Morgan fingerprint density at radius 3 is 2.53 bits per heavy atom. The molecule has 0 fully saturated rings. The average molecular weight is 268 g/mol. The van der Waals surface area contributed by atoms with Crippen LogP contribution in [0.5, 0.6) is 0 Å². The second-order valence-corrected chi connectivity index (χ2v) is 4.59. The van der Waals surface area contributed by atoms with E-state index in [1.165, 1.54) is 0 Å². The molecule has 0 spiro atoms. The van der Waals surface area contributed by atoms with Gasteiger partial charge in [-0.05, 0) is 26.3 Å². The van der Waals surface area contributed by atoms with Crippen molar-refractivity contribution in [2.24, 2.45) is 0 Å². The van der Waals surface area contributed by atoms with Crippen molar-refractivity contribution in [1.29, 1.82) is 0 Å². The molecule has 1 heterocycles. The lowest BCUT2D eigenvalue weighted by Crippen LogP contribution is -2.32. The fourth-order valence-corrected chi connectivity index (χ4v) is 1.65. The van der Waals surface area contributed by atoms with Crippen molar-refractivity contribution in [2.45, 2.75) is 32.0 Å². The zero-order chi connectivity index (χ0) is 13.1. The SMILES string of the molecule is CC(C)(CCCl)Nc1nccc(C(F)(F)F)n1. The number of halogens is 4. The lowest BCUT2D eigenvalue weighted by molar-refractivity contribution is -0.141. The van der Waals surface area contributed by atoms with Crippen molar-refractivity contribution in [2.75, 3.05) is 11.2 Å². The fourth-order valence-electron chi connectivity index (χ4n) is 1.18. The van der Waals surface area contributed by atoms with Crippen LogP contribution in [0.3, 0.4) is 0 Å². The Kier molecular flexibility index (Phi) is 4.19. The van der Waals surface area contributed by atoms with Gasteiger partial charge in [-0.15, -0.1) is 11.6 Å². The van der Waals surface area contributed by atoms with Gasteiger partial charge in [0.1, 0.15) is 5.69 Å². The van der Waals surface area contributed by atoms with Crippen LogP contribution in [0.2, 0.25) is 0 Å². The van der Waals surface area contributed by atoms with Crippen LogP contribution < -0.4 is 5.32 Å². The van der Waals surface area contributed by atoms with Gasteiger partial charge >= 0.3 is 6.18 Å². The fraction of sp³-hybridized carbons (Fsp3) is 0.600. The third-order valence-electron chi connectivity index (χ3n) is 2.12. The summed E-state index contributed by atoms with van der Waals surface area (Å²) in [7, 11) is 0. The van der Waals surface area contributed by atoms with E-state index >= 15 is 0 Å². The van der Waals surface area contributed by atoms with Crippen molar-refractivity contribution in [1.82, 2.24) is 9.97 Å². The Labute approximate surface area is 102 Å². The molecule has 0 aliphatic carbocycles. The molecule has 3 nitrogen and oxygen atoms in total. The number of nitrogens with one attached hydrogen (secondary N) is 1. The number of nitrogens with zero attached hydrogens (tertiary/aromatic N) is 2. The number of alkyl halides is 4. The van der Waals surface area contributed by atoms with Gasteiger partial charge in [-0.2, -0.15) is 13.2 Å². The molecule has 1 rings (SSSR count). The van der Waals surface area contributed by atoms with E-state index in [1.807, 2.05) is 13.8 Å². The Balaban J connectivity index is 2.86. The smallest absolute Gasteiger partial charge is 0.349 e. The summed E-state index contributed by atoms with van der Waals surface area (Å²) in [5, 5.41) is 2.82. The van der Waals surface area contributed by atoms with E-state index in [9.17, 15) is 13.2 Å². The zero-order valence-electron chi connectivity index (χ0n) is 9.48. The monoisotopic (exact) mass is 267 g/mol. The van der Waals surface area contributed by atoms with E-state index < -0.39 is 17.4 Å². The van der Waals surface area contributed by atoms with Gasteiger partial charge < -0.3 is 5.32 Å². The minimum absolute atomic E-state index is 0.0464. The van der Waals surface area contributed by atoms with Gasteiger partial charge in [-0.3, -0.25) is 0 Å². The van der Waals surface area contributed by atoms with Crippen LogP contribution in [0.1, 0.15) is 26.0 Å². The minimum atomic E-state index is -4.46. The van der Waals surface area contributed by atoms with E-state index in [4.69, 9.17) is 11.6 Å². The molecule has 1 aromatic heterocycles. The lowest BCUT2D eigenvalue weighted by Gasteiger charge is -2.25. The van der Waals surface area contributed by atoms with Crippen LogP contribution >= 0.6 is 11.6 Å². The normalized spacial score (nSPS) is 12.6. The van der Waals surface area contributed by atoms with Crippen LogP contribution in [-0.4, -0.2) is 21.4 Å². The largest absolute Gasteiger partial charge is 0.433 e. The van der Waals surface area contributed by atoms with Crippen LogP contribution in [0.4, 0.5) is 19.1 Å². The summed E-state index contributed by atoms with van der Waals surface area (Å²) in [6, 6.07) is 0.833. The molecule has 1 N–H and O–H groups in total. The Morgan fingerprint density at radius 2 is 2.00 bits per heavy atom. The van der Waals surface area contributed by atoms with E-state index in [-0.39, 0.29) is 5.95 Å². The van der Waals surface area contributed by atoms with Gasteiger partial charge in [0.25, 0.3) is 0 Å². The van der Waals surface area contributed by atoms with Crippen molar-refractivity contribution in [3.8, 4) is 0 Å². The van der Waals surface area contributed by atoms with Crippen LogP contribution in [0, 0.1) is 0 Å². The molecule has 0 amide bonds. The molecule has 0 aliphatic heterocycles.